The summed E-state index contributed by atoms with van der Waals surface area (Å²) in [6, 6.07) is 14.3. The number of piperidine rings is 2. The Labute approximate surface area is 335 Å². The highest BCUT2D eigenvalue weighted by Gasteiger charge is 2.29. The van der Waals surface area contributed by atoms with Gasteiger partial charge in [-0.3, -0.25) is 4.79 Å². The van der Waals surface area contributed by atoms with Crippen LogP contribution < -0.4 is 15.5 Å². The van der Waals surface area contributed by atoms with E-state index in [2.05, 4.69) is 36.0 Å². The molecule has 0 unspecified atom stereocenters. The summed E-state index contributed by atoms with van der Waals surface area (Å²) in [7, 11) is -6.00. The minimum Gasteiger partial charge on any atom is -0.371 e. The predicted octanol–water partition coefficient (Wildman–Crippen LogP) is 4.86. The molecule has 0 bridgehead atoms. The molecule has 14 nitrogen and oxygen atoms in total. The monoisotopic (exact) mass is 843 g/mol. The first-order chi connectivity index (χ1) is 26.8. The van der Waals surface area contributed by atoms with Crippen molar-refractivity contribution in [2.24, 2.45) is 5.73 Å². The Morgan fingerprint density at radius 3 is 1.88 bits per heavy atom. The van der Waals surface area contributed by atoms with Gasteiger partial charge in [-0.05, 0) is 68.5 Å². The summed E-state index contributed by atoms with van der Waals surface area (Å²) < 4.78 is 61.9. The van der Waals surface area contributed by atoms with Crippen molar-refractivity contribution in [3.63, 3.8) is 0 Å². The van der Waals surface area contributed by atoms with Crippen LogP contribution in [0.2, 0.25) is 0 Å². The number of fused-ring (bicyclic) bond motifs is 1. The molecular formula is C37H46FN9O5S4. The lowest BCUT2D eigenvalue weighted by Gasteiger charge is -2.33. The van der Waals surface area contributed by atoms with Crippen LogP contribution in [0.3, 0.4) is 0 Å². The molecule has 0 aliphatic carbocycles. The second-order valence-corrected chi connectivity index (χ2v) is 19.4. The number of hydrogen-bond donors (Lipinski definition) is 1. The molecule has 56 heavy (non-hydrogen) atoms. The normalized spacial score (nSPS) is 15.5. The minimum absolute atomic E-state index is 0.0419. The number of rotatable bonds is 9. The summed E-state index contributed by atoms with van der Waals surface area (Å²) in [5.74, 6) is 0.190. The van der Waals surface area contributed by atoms with E-state index in [0.29, 0.717) is 62.4 Å². The summed E-state index contributed by atoms with van der Waals surface area (Å²) >= 11 is 3.01. The summed E-state index contributed by atoms with van der Waals surface area (Å²) in [5.41, 5.74) is 8.91. The standard InChI is InChI=1S/C18H21N5O2S2.C13H16FNO3S.C6H9N3S/c1-26-18-19-9-6-17(21-18)23-16-5-3-4-15(14(16)12-20-23)22-10-7-13(8-11-22)27(2,24)25;1-19(17,18)10-5-7-15(8-6-10)13-4-2-3-12(14)11(13)9-16;1-10-6-8-3-2-5(4-7)9-6/h3-6,9,12-13H,7-8,10-11H2,1-2H3;2-4,9-10H,5-8H2,1H3;2-3H,4,7H2,1H3. The lowest BCUT2D eigenvalue weighted by molar-refractivity contribution is 0.112. The van der Waals surface area contributed by atoms with E-state index in [1.54, 1.807) is 24.5 Å². The van der Waals surface area contributed by atoms with Gasteiger partial charge in [-0.15, -0.1) is 0 Å². The van der Waals surface area contributed by atoms with Gasteiger partial charge in [0.05, 0.1) is 39.2 Å². The molecule has 300 valence electrons. The maximum absolute atomic E-state index is 13.5. The van der Waals surface area contributed by atoms with Crippen LogP contribution in [0.5, 0.6) is 0 Å². The van der Waals surface area contributed by atoms with Gasteiger partial charge >= 0.3 is 0 Å². The molecule has 0 amide bonds. The number of anilines is 2. The molecule has 5 aromatic rings. The smallest absolute Gasteiger partial charge is 0.189 e. The van der Waals surface area contributed by atoms with Crippen LogP contribution in [-0.4, -0.2) is 115 Å². The van der Waals surface area contributed by atoms with E-state index in [1.165, 1.54) is 42.1 Å². The van der Waals surface area contributed by atoms with Crippen molar-refractivity contribution in [1.82, 2.24) is 29.7 Å². The average Bonchev–Trinajstić information content (AvgIpc) is 3.65. The molecule has 2 saturated heterocycles. The van der Waals surface area contributed by atoms with Gasteiger partial charge in [0.25, 0.3) is 0 Å². The molecule has 0 radical (unpaired) electrons. The first-order valence-corrected chi connectivity index (χ1v) is 24.1. The second-order valence-electron chi connectivity index (χ2n) is 13.2. The van der Waals surface area contributed by atoms with Gasteiger partial charge in [-0.1, -0.05) is 35.7 Å². The Bertz CT molecular complexity index is 2310. The van der Waals surface area contributed by atoms with Crippen molar-refractivity contribution in [2.75, 3.05) is 61.0 Å². The van der Waals surface area contributed by atoms with Gasteiger partial charge in [-0.25, -0.2) is 45.8 Å². The van der Waals surface area contributed by atoms with Crippen molar-refractivity contribution in [3.8, 4) is 5.82 Å². The molecular weight excluding hydrogens is 798 g/mol. The first kappa shape index (κ1) is 43.0. The van der Waals surface area contributed by atoms with Crippen LogP contribution in [0.4, 0.5) is 15.8 Å². The van der Waals surface area contributed by atoms with Crippen LogP contribution >= 0.6 is 23.5 Å². The van der Waals surface area contributed by atoms with Gasteiger partial charge in [0.15, 0.2) is 22.4 Å². The Kier molecular flexibility index (Phi) is 14.8. The number of nitrogens with two attached hydrogens (primary N) is 1. The van der Waals surface area contributed by atoms with Gasteiger partial charge in [0, 0.05) is 74.8 Å². The molecule has 0 atom stereocenters. The summed E-state index contributed by atoms with van der Waals surface area (Å²) in [6.45, 7) is 2.97. The number of aromatic nitrogens is 6. The highest BCUT2D eigenvalue weighted by atomic mass is 32.2. The van der Waals surface area contributed by atoms with Crippen molar-refractivity contribution < 1.29 is 26.0 Å². The Morgan fingerprint density at radius 1 is 0.786 bits per heavy atom. The summed E-state index contributed by atoms with van der Waals surface area (Å²) in [5, 5.41) is 6.50. The number of sulfone groups is 2. The largest absolute Gasteiger partial charge is 0.371 e. The van der Waals surface area contributed by atoms with E-state index in [1.807, 2.05) is 52.6 Å². The summed E-state index contributed by atoms with van der Waals surface area (Å²) in [6.07, 6.45) is 14.6. The van der Waals surface area contributed by atoms with Crippen LogP contribution in [0.1, 0.15) is 41.7 Å². The highest BCUT2D eigenvalue weighted by Crippen LogP contribution is 2.31. The van der Waals surface area contributed by atoms with E-state index in [4.69, 9.17) is 5.73 Å². The fourth-order valence-electron chi connectivity index (χ4n) is 6.60. The number of hydrogen-bond acceptors (Lipinski definition) is 15. The Morgan fingerprint density at radius 2 is 1.32 bits per heavy atom. The molecule has 0 spiro atoms. The van der Waals surface area contributed by atoms with Crippen LogP contribution in [0, 0.1) is 5.82 Å². The third kappa shape index (κ3) is 10.8. The first-order valence-electron chi connectivity index (χ1n) is 17.8. The molecule has 3 aromatic heterocycles. The Balaban J connectivity index is 0.000000179. The fourth-order valence-corrected chi connectivity index (χ4v) is 9.46. The number of halogens is 1. The zero-order valence-electron chi connectivity index (χ0n) is 31.7. The zero-order valence-corrected chi connectivity index (χ0v) is 34.9. The number of aldehydes is 1. The van der Waals surface area contributed by atoms with Gasteiger partial charge in [0.1, 0.15) is 25.5 Å². The van der Waals surface area contributed by atoms with Crippen molar-refractivity contribution in [3.05, 3.63) is 84.2 Å². The second kappa shape index (κ2) is 19.3. The minimum atomic E-state index is -3.03. The molecule has 5 heterocycles. The Hall–Kier alpha value is -4.17. The van der Waals surface area contributed by atoms with Gasteiger partial charge in [-0.2, -0.15) is 5.10 Å². The molecule has 2 N–H and O–H groups in total. The van der Waals surface area contributed by atoms with Crippen LogP contribution in [-0.2, 0) is 26.2 Å². The van der Waals surface area contributed by atoms with Crippen molar-refractivity contribution in [2.45, 2.75) is 53.0 Å². The molecule has 19 heteroatoms. The zero-order chi connectivity index (χ0) is 40.5. The maximum Gasteiger partial charge on any atom is 0.189 e. The van der Waals surface area contributed by atoms with Crippen LogP contribution in [0.15, 0.2) is 77.4 Å². The molecule has 7 rings (SSSR count). The number of carbonyl (C=O) groups excluding carboxylic acids is 1. The van der Waals surface area contributed by atoms with E-state index >= 15 is 0 Å². The van der Waals surface area contributed by atoms with Crippen molar-refractivity contribution >= 4 is 71.8 Å². The lowest BCUT2D eigenvalue weighted by Crippen LogP contribution is -2.39. The summed E-state index contributed by atoms with van der Waals surface area (Å²) in [4.78, 5) is 32.0. The fraction of sp³-hybridized carbons (Fsp3) is 0.405. The third-order valence-electron chi connectivity index (χ3n) is 9.62. The molecule has 2 fully saturated rings. The van der Waals surface area contributed by atoms with E-state index in [-0.39, 0.29) is 16.1 Å². The van der Waals surface area contributed by atoms with E-state index in [9.17, 15) is 26.0 Å². The number of nitrogens with zero attached hydrogens (tertiary/aromatic N) is 8. The lowest BCUT2D eigenvalue weighted by atomic mass is 10.1. The average molecular weight is 844 g/mol. The maximum atomic E-state index is 13.5. The molecule has 0 saturated carbocycles. The SMILES string of the molecule is CS(=O)(=O)C1CCN(c2cccc(F)c2C=O)CC1.CSc1nccc(-n2ncc3c(N4CCC(S(C)(=O)=O)CC4)cccc32)n1.CSc1nccc(CN)n1. The quantitative estimate of drug-likeness (QED) is 0.120. The van der Waals surface area contributed by atoms with E-state index < -0.39 is 25.5 Å². The topological polar surface area (TPSA) is 187 Å². The third-order valence-corrected chi connectivity index (χ3v) is 14.1. The number of carbonyl (C=O) groups is 1. The number of thioether (sulfide) groups is 2. The van der Waals surface area contributed by atoms with Gasteiger partial charge in [0.2, 0.25) is 0 Å². The molecule has 2 aromatic carbocycles. The number of benzene rings is 2. The van der Waals surface area contributed by atoms with E-state index in [0.717, 1.165) is 46.3 Å². The van der Waals surface area contributed by atoms with Crippen molar-refractivity contribution in [1.29, 1.82) is 0 Å². The molecule has 2 aliphatic heterocycles. The molecule has 2 aliphatic rings. The van der Waals surface area contributed by atoms with Gasteiger partial charge < -0.3 is 15.5 Å². The predicted molar refractivity (Wildman–Crippen MR) is 222 cm³/mol. The van der Waals surface area contributed by atoms with Crippen LogP contribution in [0.25, 0.3) is 16.7 Å². The highest BCUT2D eigenvalue weighted by molar-refractivity contribution is 7.98.